The third-order valence-electron chi connectivity index (χ3n) is 5.52. The third kappa shape index (κ3) is 4.58. The van der Waals surface area contributed by atoms with Crippen molar-refractivity contribution in [1.29, 1.82) is 0 Å². The highest BCUT2D eigenvalue weighted by atomic mass is 16.5. The molecule has 3 rings (SSSR count). The first-order chi connectivity index (χ1) is 15.7. The minimum absolute atomic E-state index is 0.00766. The molecule has 1 atom stereocenters. The Balaban J connectivity index is 2.26. The zero-order chi connectivity index (χ0) is 24.3. The Morgan fingerprint density at radius 1 is 1.00 bits per heavy atom. The number of likely N-dealkylation sites (N-methyl/N-ethyl adjacent to an activating group) is 1. The number of rotatable bonds is 8. The van der Waals surface area contributed by atoms with Gasteiger partial charge in [-0.1, -0.05) is 0 Å². The number of phenols is 1. The lowest BCUT2D eigenvalue weighted by molar-refractivity contribution is -0.140. The van der Waals surface area contributed by atoms with E-state index < -0.39 is 23.5 Å². The molecule has 0 saturated carbocycles. The molecule has 0 radical (unpaired) electrons. The van der Waals surface area contributed by atoms with E-state index in [-0.39, 0.29) is 23.4 Å². The Morgan fingerprint density at radius 2 is 1.64 bits per heavy atom. The van der Waals surface area contributed by atoms with E-state index in [1.165, 1.54) is 44.4 Å². The van der Waals surface area contributed by atoms with Crippen LogP contribution in [-0.2, 0) is 9.59 Å². The molecule has 1 amide bonds. The SMILES string of the molecule is COc1ccc(C(O)=C2C(=O)C(=O)N(CCN(C)C)[C@@H]2c2cc(OC)ccc2OC)c(O)c1. The van der Waals surface area contributed by atoms with Gasteiger partial charge in [-0.15, -0.1) is 0 Å². The topological polar surface area (TPSA) is 109 Å². The van der Waals surface area contributed by atoms with E-state index in [0.717, 1.165) is 0 Å². The van der Waals surface area contributed by atoms with E-state index in [9.17, 15) is 19.8 Å². The molecule has 1 saturated heterocycles. The van der Waals surface area contributed by atoms with E-state index in [1.54, 1.807) is 18.2 Å². The lowest BCUT2D eigenvalue weighted by Crippen LogP contribution is -2.35. The van der Waals surface area contributed by atoms with Crippen molar-refractivity contribution in [2.24, 2.45) is 0 Å². The average Bonchev–Trinajstić information content (AvgIpc) is 3.06. The van der Waals surface area contributed by atoms with Gasteiger partial charge >= 0.3 is 0 Å². The number of hydrogen-bond acceptors (Lipinski definition) is 8. The number of hydrogen-bond donors (Lipinski definition) is 2. The highest BCUT2D eigenvalue weighted by molar-refractivity contribution is 6.46. The van der Waals surface area contributed by atoms with Crippen molar-refractivity contribution in [2.45, 2.75) is 6.04 Å². The van der Waals surface area contributed by atoms with Crippen molar-refractivity contribution < 1.29 is 34.0 Å². The number of ether oxygens (including phenoxy) is 3. The van der Waals surface area contributed by atoms with Gasteiger partial charge in [-0.05, 0) is 44.4 Å². The van der Waals surface area contributed by atoms with Gasteiger partial charge in [0, 0.05) is 24.7 Å². The molecular weight excluding hydrogens is 428 g/mol. The quantitative estimate of drug-likeness (QED) is 0.354. The first-order valence-corrected chi connectivity index (χ1v) is 10.3. The summed E-state index contributed by atoms with van der Waals surface area (Å²) in [6.07, 6.45) is 0. The molecule has 0 unspecified atom stereocenters. The molecule has 2 aromatic rings. The molecule has 1 heterocycles. The highest BCUT2D eigenvalue weighted by Gasteiger charge is 2.47. The van der Waals surface area contributed by atoms with Gasteiger partial charge in [-0.2, -0.15) is 0 Å². The van der Waals surface area contributed by atoms with Gasteiger partial charge < -0.3 is 34.2 Å². The van der Waals surface area contributed by atoms with Crippen LogP contribution in [0.3, 0.4) is 0 Å². The molecule has 0 bridgehead atoms. The second kappa shape index (κ2) is 9.83. The summed E-state index contributed by atoms with van der Waals surface area (Å²) in [6.45, 7) is 0.720. The summed E-state index contributed by atoms with van der Waals surface area (Å²) in [6, 6.07) is 8.37. The molecule has 33 heavy (non-hydrogen) atoms. The monoisotopic (exact) mass is 456 g/mol. The molecule has 0 spiro atoms. The van der Waals surface area contributed by atoms with Gasteiger partial charge in [-0.25, -0.2) is 0 Å². The van der Waals surface area contributed by atoms with Gasteiger partial charge in [-0.3, -0.25) is 9.59 Å². The molecular formula is C24H28N2O7. The Labute approximate surface area is 192 Å². The molecule has 0 aliphatic carbocycles. The van der Waals surface area contributed by atoms with Crippen LogP contribution in [-0.4, -0.2) is 80.2 Å². The number of aromatic hydroxyl groups is 1. The van der Waals surface area contributed by atoms with Crippen LogP contribution in [0.1, 0.15) is 17.2 Å². The second-order valence-corrected chi connectivity index (χ2v) is 7.79. The molecule has 9 heteroatoms. The molecule has 1 aliphatic heterocycles. The molecule has 176 valence electrons. The Hall–Kier alpha value is -3.72. The van der Waals surface area contributed by atoms with Crippen molar-refractivity contribution in [3.8, 4) is 23.0 Å². The van der Waals surface area contributed by atoms with Crippen molar-refractivity contribution in [2.75, 3.05) is 48.5 Å². The van der Waals surface area contributed by atoms with E-state index >= 15 is 0 Å². The van der Waals surface area contributed by atoms with Crippen molar-refractivity contribution in [3.05, 3.63) is 53.1 Å². The number of nitrogens with zero attached hydrogens (tertiary/aromatic N) is 2. The zero-order valence-electron chi connectivity index (χ0n) is 19.3. The molecule has 2 aromatic carbocycles. The molecule has 9 nitrogen and oxygen atoms in total. The van der Waals surface area contributed by atoms with E-state index in [1.807, 2.05) is 19.0 Å². The number of aliphatic hydroxyl groups excluding tert-OH is 1. The first kappa shape index (κ1) is 23.9. The van der Waals surface area contributed by atoms with Crippen molar-refractivity contribution in [3.63, 3.8) is 0 Å². The van der Waals surface area contributed by atoms with Gasteiger partial charge in [0.1, 0.15) is 28.8 Å². The van der Waals surface area contributed by atoms with E-state index in [0.29, 0.717) is 29.4 Å². The fourth-order valence-corrected chi connectivity index (χ4v) is 3.78. The number of ketones is 1. The molecule has 0 aromatic heterocycles. The van der Waals surface area contributed by atoms with Crippen LogP contribution in [0.4, 0.5) is 0 Å². The first-order valence-electron chi connectivity index (χ1n) is 10.3. The number of Topliss-reactive ketones (excluding diaryl/α,β-unsaturated/α-hetero) is 1. The number of phenolic OH excluding ortho intramolecular Hbond substituents is 1. The van der Waals surface area contributed by atoms with Crippen LogP contribution >= 0.6 is 0 Å². The number of likely N-dealkylation sites (tertiary alicyclic amines) is 1. The third-order valence-corrected chi connectivity index (χ3v) is 5.52. The van der Waals surface area contributed by atoms with Gasteiger partial charge in [0.15, 0.2) is 0 Å². The fraction of sp³-hybridized carbons (Fsp3) is 0.333. The lowest BCUT2D eigenvalue weighted by Gasteiger charge is -2.28. The van der Waals surface area contributed by atoms with Gasteiger partial charge in [0.05, 0.1) is 38.5 Å². The van der Waals surface area contributed by atoms with Crippen LogP contribution in [0.2, 0.25) is 0 Å². The number of amides is 1. The number of carbonyl (C=O) groups excluding carboxylic acids is 2. The Morgan fingerprint density at radius 3 is 2.21 bits per heavy atom. The summed E-state index contributed by atoms with van der Waals surface area (Å²) in [4.78, 5) is 29.5. The fourth-order valence-electron chi connectivity index (χ4n) is 3.78. The zero-order valence-corrected chi connectivity index (χ0v) is 19.3. The minimum atomic E-state index is -0.948. The van der Waals surface area contributed by atoms with Crippen molar-refractivity contribution >= 4 is 17.4 Å². The maximum Gasteiger partial charge on any atom is 0.295 e. The molecule has 1 aliphatic rings. The number of aliphatic hydroxyl groups is 1. The normalized spacial score (nSPS) is 17.5. The average molecular weight is 456 g/mol. The van der Waals surface area contributed by atoms with Crippen molar-refractivity contribution in [1.82, 2.24) is 9.80 Å². The van der Waals surface area contributed by atoms with E-state index in [2.05, 4.69) is 0 Å². The number of methoxy groups -OCH3 is 3. The summed E-state index contributed by atoms with van der Waals surface area (Å²) in [5, 5.41) is 21.6. The maximum absolute atomic E-state index is 13.1. The largest absolute Gasteiger partial charge is 0.507 e. The minimum Gasteiger partial charge on any atom is -0.507 e. The summed E-state index contributed by atoms with van der Waals surface area (Å²) in [5.41, 5.74) is 0.336. The highest BCUT2D eigenvalue weighted by Crippen LogP contribution is 2.44. The summed E-state index contributed by atoms with van der Waals surface area (Å²) < 4.78 is 15.9. The lowest BCUT2D eigenvalue weighted by atomic mass is 9.94. The van der Waals surface area contributed by atoms with Gasteiger partial charge in [0.25, 0.3) is 11.7 Å². The molecule has 2 N–H and O–H groups in total. The number of benzene rings is 2. The standard InChI is InChI=1S/C24H28N2O7/c1-25(2)10-11-26-21(17-12-14(31-3)7-9-19(17)33-5)20(23(29)24(26)30)22(28)16-8-6-15(32-4)13-18(16)27/h6-9,12-13,21,27-28H,10-11H2,1-5H3/t21-/m1/s1. The summed E-state index contributed by atoms with van der Waals surface area (Å²) in [5.74, 6) is -1.09. The summed E-state index contributed by atoms with van der Waals surface area (Å²) >= 11 is 0. The predicted octanol–water partition coefficient (Wildman–Crippen LogP) is 2.40. The second-order valence-electron chi connectivity index (χ2n) is 7.79. The Kier molecular flexibility index (Phi) is 7.13. The number of carbonyl (C=O) groups is 2. The van der Waals surface area contributed by atoms with Crippen LogP contribution in [0.15, 0.2) is 42.0 Å². The predicted molar refractivity (Wildman–Crippen MR) is 122 cm³/mol. The van der Waals surface area contributed by atoms with Crippen LogP contribution in [0.5, 0.6) is 23.0 Å². The van der Waals surface area contributed by atoms with Crippen LogP contribution < -0.4 is 14.2 Å². The maximum atomic E-state index is 13.1. The molecule has 1 fully saturated rings. The smallest absolute Gasteiger partial charge is 0.295 e. The summed E-state index contributed by atoms with van der Waals surface area (Å²) in [7, 11) is 8.14. The van der Waals surface area contributed by atoms with Gasteiger partial charge in [0.2, 0.25) is 0 Å². The van der Waals surface area contributed by atoms with E-state index in [4.69, 9.17) is 14.2 Å². The van der Waals surface area contributed by atoms with Crippen LogP contribution in [0, 0.1) is 0 Å². The van der Waals surface area contributed by atoms with Crippen LogP contribution in [0.25, 0.3) is 5.76 Å². The Bertz CT molecular complexity index is 1090.